The van der Waals surface area contributed by atoms with Crippen molar-refractivity contribution in [3.8, 4) is 11.1 Å². The summed E-state index contributed by atoms with van der Waals surface area (Å²) in [5.41, 5.74) is 4.46. The molecule has 0 aliphatic rings. The van der Waals surface area contributed by atoms with E-state index < -0.39 is 0 Å². The maximum atomic E-state index is 14.2. The van der Waals surface area contributed by atoms with Gasteiger partial charge in [0.15, 0.2) is 0 Å². The van der Waals surface area contributed by atoms with Gasteiger partial charge in [-0.1, -0.05) is 13.8 Å². The fourth-order valence-electron chi connectivity index (χ4n) is 2.79. The number of halogens is 1. The van der Waals surface area contributed by atoms with Gasteiger partial charge in [-0.25, -0.2) is 14.4 Å². The molecule has 1 heterocycles. The number of hydrogen-bond donors (Lipinski definition) is 1. The molecule has 1 N–H and O–H groups in total. The molecule has 1 aromatic carbocycles. The van der Waals surface area contributed by atoms with Crippen molar-refractivity contribution in [3.63, 3.8) is 0 Å². The largest absolute Gasteiger partial charge is 0.352 e. The summed E-state index contributed by atoms with van der Waals surface area (Å²) in [6.45, 7) is 10.4. The zero-order valence-corrected chi connectivity index (χ0v) is 16.1. The standard InChI is InChI=1S/C21H26FN3O/c1-13(2)6-7-25-21(26)15(4)14(3)19-8-18(22)9-20(16(19)5)17-10-23-12-24-11-17/h8-13H,6-7H2,1-5H3,(H,25,26)/b15-14+. The molecule has 0 aliphatic heterocycles. The van der Waals surface area contributed by atoms with Gasteiger partial charge in [0, 0.05) is 30.1 Å². The van der Waals surface area contributed by atoms with Gasteiger partial charge in [-0.3, -0.25) is 4.79 Å². The Labute approximate surface area is 154 Å². The number of benzene rings is 1. The number of rotatable bonds is 6. The molecular formula is C21H26FN3O. The second-order valence-corrected chi connectivity index (χ2v) is 6.94. The molecule has 0 saturated carbocycles. The molecule has 0 saturated heterocycles. The second-order valence-electron chi connectivity index (χ2n) is 6.94. The third-order valence-electron chi connectivity index (χ3n) is 4.56. The van der Waals surface area contributed by atoms with Crippen molar-refractivity contribution in [2.75, 3.05) is 6.54 Å². The van der Waals surface area contributed by atoms with Crippen LogP contribution >= 0.6 is 0 Å². The number of aromatic nitrogens is 2. The quantitative estimate of drug-likeness (QED) is 0.774. The normalized spacial score (nSPS) is 12.1. The van der Waals surface area contributed by atoms with Gasteiger partial charge in [-0.05, 0) is 67.5 Å². The van der Waals surface area contributed by atoms with Gasteiger partial charge in [-0.2, -0.15) is 0 Å². The van der Waals surface area contributed by atoms with Gasteiger partial charge in [-0.15, -0.1) is 0 Å². The van der Waals surface area contributed by atoms with E-state index in [9.17, 15) is 9.18 Å². The Morgan fingerprint density at radius 1 is 1.19 bits per heavy atom. The van der Waals surface area contributed by atoms with Crippen molar-refractivity contribution in [1.29, 1.82) is 0 Å². The lowest BCUT2D eigenvalue weighted by atomic mass is 9.92. The van der Waals surface area contributed by atoms with Crippen molar-refractivity contribution in [3.05, 3.63) is 53.4 Å². The molecule has 1 aromatic heterocycles. The van der Waals surface area contributed by atoms with E-state index in [1.54, 1.807) is 19.3 Å². The van der Waals surface area contributed by atoms with E-state index in [0.29, 0.717) is 18.0 Å². The van der Waals surface area contributed by atoms with Crippen LogP contribution in [0.2, 0.25) is 0 Å². The third kappa shape index (κ3) is 4.75. The van der Waals surface area contributed by atoms with Gasteiger partial charge >= 0.3 is 0 Å². The monoisotopic (exact) mass is 355 g/mol. The predicted octanol–water partition coefficient (Wildman–Crippen LogP) is 4.55. The molecule has 2 rings (SSSR count). The summed E-state index contributed by atoms with van der Waals surface area (Å²) in [7, 11) is 0. The van der Waals surface area contributed by atoms with Gasteiger partial charge in [0.25, 0.3) is 0 Å². The molecule has 5 heteroatoms. The van der Waals surface area contributed by atoms with Crippen molar-refractivity contribution in [2.45, 2.75) is 41.0 Å². The van der Waals surface area contributed by atoms with E-state index in [-0.39, 0.29) is 11.7 Å². The average molecular weight is 355 g/mol. The van der Waals surface area contributed by atoms with Crippen LogP contribution in [0, 0.1) is 18.7 Å². The second kappa shape index (κ2) is 8.70. The number of carbonyl (C=O) groups excluding carboxylic acids is 1. The first-order valence-corrected chi connectivity index (χ1v) is 8.82. The molecule has 138 valence electrons. The molecule has 0 fully saturated rings. The summed E-state index contributed by atoms with van der Waals surface area (Å²) in [6, 6.07) is 2.95. The van der Waals surface area contributed by atoms with Gasteiger partial charge in [0.05, 0.1) is 0 Å². The van der Waals surface area contributed by atoms with Crippen molar-refractivity contribution >= 4 is 11.5 Å². The Balaban J connectivity index is 2.38. The van der Waals surface area contributed by atoms with Crippen molar-refractivity contribution < 1.29 is 9.18 Å². The van der Waals surface area contributed by atoms with E-state index in [2.05, 4.69) is 29.1 Å². The van der Waals surface area contributed by atoms with Crippen LogP contribution < -0.4 is 5.32 Å². The first-order chi connectivity index (χ1) is 12.3. The first-order valence-electron chi connectivity index (χ1n) is 8.82. The van der Waals surface area contributed by atoms with Crippen molar-refractivity contribution in [1.82, 2.24) is 15.3 Å². The molecule has 0 unspecified atom stereocenters. The van der Waals surface area contributed by atoms with Crippen LogP contribution in [0.1, 0.15) is 45.2 Å². The number of nitrogens with one attached hydrogen (secondary N) is 1. The van der Waals surface area contributed by atoms with Crippen LogP contribution in [0.15, 0.2) is 36.4 Å². The number of amides is 1. The highest BCUT2D eigenvalue weighted by molar-refractivity contribution is 6.00. The lowest BCUT2D eigenvalue weighted by Gasteiger charge is -2.15. The van der Waals surface area contributed by atoms with Gasteiger partial charge < -0.3 is 5.32 Å². The van der Waals surface area contributed by atoms with E-state index in [1.165, 1.54) is 18.5 Å². The molecular weight excluding hydrogens is 329 g/mol. The van der Waals surface area contributed by atoms with Crippen LogP contribution in [0.4, 0.5) is 4.39 Å². The molecule has 0 aliphatic carbocycles. The molecule has 4 nitrogen and oxygen atoms in total. The highest BCUT2D eigenvalue weighted by atomic mass is 19.1. The Morgan fingerprint density at radius 2 is 1.85 bits per heavy atom. The SMILES string of the molecule is C/C(C(=O)NCCC(C)C)=C(/C)c1cc(F)cc(-c2cncnc2)c1C. The van der Waals surface area contributed by atoms with E-state index in [4.69, 9.17) is 0 Å². The summed E-state index contributed by atoms with van der Waals surface area (Å²) in [6.07, 6.45) is 5.68. The lowest BCUT2D eigenvalue weighted by Crippen LogP contribution is -2.26. The smallest absolute Gasteiger partial charge is 0.247 e. The zero-order valence-electron chi connectivity index (χ0n) is 16.1. The molecule has 1 amide bonds. The molecule has 0 spiro atoms. The fourth-order valence-corrected chi connectivity index (χ4v) is 2.79. The van der Waals surface area contributed by atoms with Crippen LogP contribution in [-0.4, -0.2) is 22.4 Å². The minimum atomic E-state index is -0.350. The molecule has 0 radical (unpaired) electrons. The molecule has 0 atom stereocenters. The first kappa shape index (κ1) is 19.8. The van der Waals surface area contributed by atoms with Gasteiger partial charge in [0.2, 0.25) is 5.91 Å². The Bertz CT molecular complexity index is 814. The number of hydrogen-bond acceptors (Lipinski definition) is 3. The number of nitrogens with zero attached hydrogens (tertiary/aromatic N) is 2. The van der Waals surface area contributed by atoms with E-state index in [1.807, 2.05) is 13.8 Å². The Morgan fingerprint density at radius 3 is 2.46 bits per heavy atom. The summed E-state index contributed by atoms with van der Waals surface area (Å²) < 4.78 is 14.2. The van der Waals surface area contributed by atoms with Crippen LogP contribution in [0.25, 0.3) is 16.7 Å². The van der Waals surface area contributed by atoms with Crippen LogP contribution in [0.3, 0.4) is 0 Å². The minimum absolute atomic E-state index is 0.114. The van der Waals surface area contributed by atoms with Crippen LogP contribution in [0.5, 0.6) is 0 Å². The predicted molar refractivity (Wildman–Crippen MR) is 103 cm³/mol. The van der Waals surface area contributed by atoms with E-state index >= 15 is 0 Å². The third-order valence-corrected chi connectivity index (χ3v) is 4.56. The summed E-state index contributed by atoms with van der Waals surface area (Å²) >= 11 is 0. The Hall–Kier alpha value is -2.56. The van der Waals surface area contributed by atoms with Crippen molar-refractivity contribution in [2.24, 2.45) is 5.92 Å². The average Bonchev–Trinajstić information content (AvgIpc) is 2.62. The Kier molecular flexibility index (Phi) is 6.61. The van der Waals surface area contributed by atoms with Crippen LogP contribution in [-0.2, 0) is 4.79 Å². The topological polar surface area (TPSA) is 54.9 Å². The highest BCUT2D eigenvalue weighted by Gasteiger charge is 2.15. The lowest BCUT2D eigenvalue weighted by molar-refractivity contribution is -0.117. The summed E-state index contributed by atoms with van der Waals surface area (Å²) in [5.74, 6) is 0.0648. The number of allylic oxidation sites excluding steroid dienone is 1. The summed E-state index contributed by atoms with van der Waals surface area (Å²) in [5, 5.41) is 2.93. The number of carbonyl (C=O) groups is 1. The highest BCUT2D eigenvalue weighted by Crippen LogP contribution is 2.31. The minimum Gasteiger partial charge on any atom is -0.352 e. The maximum Gasteiger partial charge on any atom is 0.247 e. The molecule has 0 bridgehead atoms. The maximum absolute atomic E-state index is 14.2. The van der Waals surface area contributed by atoms with E-state index in [0.717, 1.165) is 34.2 Å². The fraction of sp³-hybridized carbons (Fsp3) is 0.381. The zero-order chi connectivity index (χ0) is 19.3. The molecule has 26 heavy (non-hydrogen) atoms. The van der Waals surface area contributed by atoms with Gasteiger partial charge in [0.1, 0.15) is 12.1 Å². The summed E-state index contributed by atoms with van der Waals surface area (Å²) in [4.78, 5) is 20.4. The molecule has 2 aromatic rings.